The third-order valence-corrected chi connectivity index (χ3v) is 8.16. The second-order valence-corrected chi connectivity index (χ2v) is 10.4. The molecule has 0 nitrogen and oxygen atoms in total. The van der Waals surface area contributed by atoms with Crippen LogP contribution in [0.1, 0.15) is 101 Å². The average Bonchev–Trinajstić information content (AvgIpc) is 2.86. The summed E-state index contributed by atoms with van der Waals surface area (Å²) in [5, 5.41) is 0. The molecule has 0 N–H and O–H groups in total. The Morgan fingerprint density at radius 1 is 0.818 bits per heavy atom. The molecular formula is C31H40F2. The van der Waals surface area contributed by atoms with Crippen molar-refractivity contribution in [3.8, 4) is 11.1 Å². The van der Waals surface area contributed by atoms with Gasteiger partial charge >= 0.3 is 0 Å². The summed E-state index contributed by atoms with van der Waals surface area (Å²) in [5.41, 5.74) is 4.32. The molecule has 178 valence electrons. The molecule has 2 aromatic carbocycles. The first kappa shape index (κ1) is 24.2. The maximum atomic E-state index is 15.0. The van der Waals surface area contributed by atoms with Crippen LogP contribution in [-0.4, -0.2) is 6.67 Å². The molecule has 0 radical (unpaired) electrons. The van der Waals surface area contributed by atoms with E-state index in [1.54, 1.807) is 6.07 Å². The van der Waals surface area contributed by atoms with E-state index < -0.39 is 0 Å². The van der Waals surface area contributed by atoms with Crippen LogP contribution in [0.4, 0.5) is 8.78 Å². The SMILES string of the molecule is CCC/C=C/[C@H]1CC[C@H](c2ccc(-c3ccc([C@H]4CC[C@H](CCF)CC4)c(F)c3)cc2)CC1. The Kier molecular flexibility index (Phi) is 8.75. The maximum Gasteiger partial charge on any atom is 0.127 e. The highest BCUT2D eigenvalue weighted by atomic mass is 19.1. The van der Waals surface area contributed by atoms with E-state index in [1.165, 1.54) is 44.1 Å². The first-order valence-electron chi connectivity index (χ1n) is 13.3. The minimum atomic E-state index is -0.227. The molecule has 2 aromatic rings. The highest BCUT2D eigenvalue weighted by molar-refractivity contribution is 5.64. The zero-order chi connectivity index (χ0) is 23.0. The van der Waals surface area contributed by atoms with Gasteiger partial charge in [0.25, 0.3) is 0 Å². The fraction of sp³-hybridized carbons (Fsp3) is 0.548. The second-order valence-electron chi connectivity index (χ2n) is 10.4. The van der Waals surface area contributed by atoms with Crippen molar-refractivity contribution in [3.63, 3.8) is 0 Å². The summed E-state index contributed by atoms with van der Waals surface area (Å²) in [7, 11) is 0. The predicted molar refractivity (Wildman–Crippen MR) is 136 cm³/mol. The topological polar surface area (TPSA) is 0 Å². The highest BCUT2D eigenvalue weighted by Gasteiger charge is 2.24. The van der Waals surface area contributed by atoms with E-state index in [4.69, 9.17) is 0 Å². The summed E-state index contributed by atoms with van der Waals surface area (Å²) in [6.45, 7) is 2.01. The highest BCUT2D eigenvalue weighted by Crippen LogP contribution is 2.40. The van der Waals surface area contributed by atoms with Gasteiger partial charge in [-0.1, -0.05) is 61.9 Å². The Bertz CT molecular complexity index is 882. The lowest BCUT2D eigenvalue weighted by Crippen LogP contribution is -2.14. The van der Waals surface area contributed by atoms with Crippen molar-refractivity contribution in [2.24, 2.45) is 11.8 Å². The molecule has 0 amide bonds. The minimum Gasteiger partial charge on any atom is -0.251 e. The van der Waals surface area contributed by atoms with E-state index in [9.17, 15) is 4.39 Å². The number of halogens is 2. The molecule has 0 bridgehead atoms. The van der Waals surface area contributed by atoms with E-state index in [0.29, 0.717) is 18.3 Å². The number of benzene rings is 2. The van der Waals surface area contributed by atoms with Gasteiger partial charge in [0.15, 0.2) is 0 Å². The summed E-state index contributed by atoms with van der Waals surface area (Å²) in [6.07, 6.45) is 17.0. The van der Waals surface area contributed by atoms with Crippen molar-refractivity contribution in [3.05, 3.63) is 71.6 Å². The second kappa shape index (κ2) is 12.0. The number of unbranched alkanes of at least 4 members (excludes halogenated alkanes) is 1. The van der Waals surface area contributed by atoms with Crippen molar-refractivity contribution < 1.29 is 8.78 Å². The summed E-state index contributed by atoms with van der Waals surface area (Å²) in [5.74, 6) is 2.10. The summed E-state index contributed by atoms with van der Waals surface area (Å²) in [4.78, 5) is 0. The molecule has 0 saturated heterocycles. The Balaban J connectivity index is 1.35. The van der Waals surface area contributed by atoms with E-state index in [2.05, 4.69) is 49.4 Å². The monoisotopic (exact) mass is 450 g/mol. The van der Waals surface area contributed by atoms with Crippen LogP contribution in [0.25, 0.3) is 11.1 Å². The lowest BCUT2D eigenvalue weighted by molar-refractivity contribution is 0.281. The molecule has 0 spiro atoms. The molecule has 0 aromatic heterocycles. The summed E-state index contributed by atoms with van der Waals surface area (Å²) < 4.78 is 27.6. The zero-order valence-corrected chi connectivity index (χ0v) is 20.2. The van der Waals surface area contributed by atoms with Crippen LogP contribution in [0.3, 0.4) is 0 Å². The maximum absolute atomic E-state index is 15.0. The van der Waals surface area contributed by atoms with Gasteiger partial charge in [0.05, 0.1) is 6.67 Å². The van der Waals surface area contributed by atoms with Crippen molar-refractivity contribution in [1.29, 1.82) is 0 Å². The molecule has 2 aliphatic rings. The lowest BCUT2D eigenvalue weighted by Gasteiger charge is -2.28. The summed E-state index contributed by atoms with van der Waals surface area (Å²) in [6, 6.07) is 14.6. The van der Waals surface area contributed by atoms with Gasteiger partial charge in [0.2, 0.25) is 0 Å². The van der Waals surface area contributed by atoms with Gasteiger partial charge in [-0.3, -0.25) is 4.39 Å². The van der Waals surface area contributed by atoms with Crippen LogP contribution in [0.2, 0.25) is 0 Å². The number of alkyl halides is 1. The molecule has 0 heterocycles. The van der Waals surface area contributed by atoms with Crippen molar-refractivity contribution >= 4 is 0 Å². The van der Waals surface area contributed by atoms with Crippen molar-refractivity contribution in [2.45, 2.75) is 89.4 Å². The van der Waals surface area contributed by atoms with Crippen LogP contribution >= 0.6 is 0 Å². The fourth-order valence-electron chi connectivity index (χ4n) is 6.00. The van der Waals surface area contributed by atoms with Crippen molar-refractivity contribution in [1.82, 2.24) is 0 Å². The van der Waals surface area contributed by atoms with Crippen LogP contribution in [0, 0.1) is 17.7 Å². The first-order valence-corrected chi connectivity index (χ1v) is 13.3. The van der Waals surface area contributed by atoms with E-state index >= 15 is 4.39 Å². The molecule has 2 aliphatic carbocycles. The Hall–Kier alpha value is -1.96. The molecule has 2 heteroatoms. The van der Waals surface area contributed by atoms with Crippen LogP contribution < -0.4 is 0 Å². The Labute approximate surface area is 199 Å². The van der Waals surface area contributed by atoms with E-state index in [1.807, 2.05) is 6.07 Å². The quantitative estimate of drug-likeness (QED) is 0.351. The number of rotatable bonds is 8. The lowest BCUT2D eigenvalue weighted by atomic mass is 9.77. The van der Waals surface area contributed by atoms with Gasteiger partial charge in [-0.15, -0.1) is 0 Å². The van der Waals surface area contributed by atoms with Crippen molar-refractivity contribution in [2.75, 3.05) is 6.67 Å². The van der Waals surface area contributed by atoms with Crippen LogP contribution in [-0.2, 0) is 0 Å². The van der Waals surface area contributed by atoms with E-state index in [-0.39, 0.29) is 18.4 Å². The van der Waals surface area contributed by atoms with Crippen LogP contribution in [0.5, 0.6) is 0 Å². The minimum absolute atomic E-state index is 0.0834. The largest absolute Gasteiger partial charge is 0.251 e. The molecular weight excluding hydrogens is 410 g/mol. The Morgan fingerprint density at radius 2 is 1.48 bits per heavy atom. The fourth-order valence-corrected chi connectivity index (χ4v) is 6.00. The average molecular weight is 451 g/mol. The van der Waals surface area contributed by atoms with Gasteiger partial charge in [-0.25, -0.2) is 4.39 Å². The molecule has 0 atom stereocenters. The third kappa shape index (κ3) is 6.34. The smallest absolute Gasteiger partial charge is 0.127 e. The predicted octanol–water partition coefficient (Wildman–Crippen LogP) is 9.76. The van der Waals surface area contributed by atoms with Crippen LogP contribution in [0.15, 0.2) is 54.6 Å². The normalized spacial score (nSPS) is 26.0. The molecule has 2 saturated carbocycles. The Morgan fingerprint density at radius 3 is 2.12 bits per heavy atom. The van der Waals surface area contributed by atoms with Gasteiger partial charge in [0, 0.05) is 0 Å². The zero-order valence-electron chi connectivity index (χ0n) is 20.2. The third-order valence-electron chi connectivity index (χ3n) is 8.16. The van der Waals surface area contributed by atoms with E-state index in [0.717, 1.165) is 48.3 Å². The first-order chi connectivity index (χ1) is 16.2. The molecule has 2 fully saturated rings. The molecule has 0 unspecified atom stereocenters. The summed E-state index contributed by atoms with van der Waals surface area (Å²) >= 11 is 0. The number of hydrogen-bond acceptors (Lipinski definition) is 0. The van der Waals surface area contributed by atoms with Gasteiger partial charge in [-0.05, 0) is 116 Å². The number of allylic oxidation sites excluding steroid dienone is 2. The molecule has 0 aliphatic heterocycles. The number of hydrogen-bond donors (Lipinski definition) is 0. The molecule has 4 rings (SSSR count). The van der Waals surface area contributed by atoms with Gasteiger partial charge in [-0.2, -0.15) is 0 Å². The standard InChI is InChI=1S/C31H40F2/c1-2-3-4-5-23-6-10-25(11-7-23)26-14-16-27(17-15-26)29-18-19-30(31(33)22-29)28-12-8-24(9-13-28)20-21-32/h4-5,14-19,22-25,28H,2-3,6-13,20-21H2,1H3/b5-4+/t23-,24-,25-,28-. The van der Waals surface area contributed by atoms with Gasteiger partial charge < -0.3 is 0 Å². The molecule has 33 heavy (non-hydrogen) atoms. The van der Waals surface area contributed by atoms with Gasteiger partial charge in [0.1, 0.15) is 5.82 Å².